The van der Waals surface area contributed by atoms with Crippen molar-refractivity contribution in [3.63, 3.8) is 0 Å². The molecular formula is C23H25FN6O4. The summed E-state index contributed by atoms with van der Waals surface area (Å²) in [5.41, 5.74) is 6.38. The van der Waals surface area contributed by atoms with Crippen LogP contribution in [0.2, 0.25) is 0 Å². The molecule has 2 aliphatic rings. The fourth-order valence-corrected chi connectivity index (χ4v) is 3.92. The molecule has 2 N–H and O–H groups in total. The Hall–Kier alpha value is -4.02. The Labute approximate surface area is 195 Å². The second kappa shape index (κ2) is 9.46. The highest BCUT2D eigenvalue weighted by Gasteiger charge is 2.38. The highest BCUT2D eigenvalue weighted by atomic mass is 19.1. The van der Waals surface area contributed by atoms with Crippen LogP contribution in [0.3, 0.4) is 0 Å². The molecule has 2 fully saturated rings. The van der Waals surface area contributed by atoms with E-state index in [9.17, 15) is 18.8 Å². The predicted octanol–water partition coefficient (Wildman–Crippen LogP) is 1.56. The van der Waals surface area contributed by atoms with Crippen LogP contribution < -0.4 is 15.5 Å². The number of piperazine rings is 1. The molecule has 2 saturated heterocycles. The van der Waals surface area contributed by atoms with Gasteiger partial charge in [0.25, 0.3) is 0 Å². The second-order valence-corrected chi connectivity index (χ2v) is 8.18. The lowest BCUT2D eigenvalue weighted by molar-refractivity contribution is -0.126. The van der Waals surface area contributed by atoms with Gasteiger partial charge in [-0.05, 0) is 31.2 Å². The molecule has 11 heteroatoms. The molecule has 2 aliphatic heterocycles. The van der Waals surface area contributed by atoms with E-state index < -0.39 is 29.8 Å². The first kappa shape index (κ1) is 23.1. The molecule has 178 valence electrons. The minimum atomic E-state index is -0.689. The van der Waals surface area contributed by atoms with Gasteiger partial charge in [-0.1, -0.05) is 6.58 Å². The minimum Gasteiger partial charge on any atom is -0.443 e. The van der Waals surface area contributed by atoms with Crippen LogP contribution in [-0.4, -0.2) is 71.6 Å². The van der Waals surface area contributed by atoms with E-state index in [1.807, 2.05) is 4.90 Å². The van der Waals surface area contributed by atoms with Gasteiger partial charge in [-0.3, -0.25) is 14.5 Å². The normalized spacial score (nSPS) is 19.1. The molecule has 34 heavy (non-hydrogen) atoms. The summed E-state index contributed by atoms with van der Waals surface area (Å²) >= 11 is 0. The van der Waals surface area contributed by atoms with Gasteiger partial charge in [0.15, 0.2) is 0 Å². The van der Waals surface area contributed by atoms with E-state index in [1.54, 1.807) is 24.0 Å². The van der Waals surface area contributed by atoms with E-state index in [4.69, 9.17) is 10.5 Å². The highest BCUT2D eigenvalue weighted by molar-refractivity contribution is 5.91. The number of halogens is 1. The molecule has 2 aromatic rings. The number of nitrogens with two attached hydrogens (primary N) is 1. The summed E-state index contributed by atoms with van der Waals surface area (Å²) in [6.45, 7) is 7.45. The van der Waals surface area contributed by atoms with E-state index in [1.165, 1.54) is 29.4 Å². The van der Waals surface area contributed by atoms with E-state index >= 15 is 0 Å². The lowest BCUT2D eigenvalue weighted by atomic mass is 10.0. The molecule has 3 amide bonds. The summed E-state index contributed by atoms with van der Waals surface area (Å²) < 4.78 is 20.2. The van der Waals surface area contributed by atoms with E-state index in [-0.39, 0.29) is 18.0 Å². The maximum absolute atomic E-state index is 14.9. The molecule has 1 aromatic carbocycles. The van der Waals surface area contributed by atoms with Crippen LogP contribution in [0.15, 0.2) is 43.2 Å². The topological polar surface area (TPSA) is 122 Å². The van der Waals surface area contributed by atoms with E-state index in [2.05, 4.69) is 16.5 Å². The summed E-state index contributed by atoms with van der Waals surface area (Å²) in [6, 6.07) is 4.37. The lowest BCUT2D eigenvalue weighted by Crippen LogP contribution is -2.48. The first-order valence-electron chi connectivity index (χ1n) is 10.8. The van der Waals surface area contributed by atoms with Crippen LogP contribution in [0, 0.1) is 11.7 Å². The third kappa shape index (κ3) is 4.54. The summed E-state index contributed by atoms with van der Waals surface area (Å²) in [4.78, 5) is 49.0. The maximum atomic E-state index is 14.9. The number of aromatic nitrogens is 2. The van der Waals surface area contributed by atoms with Crippen LogP contribution in [0.5, 0.6) is 0 Å². The van der Waals surface area contributed by atoms with Crippen LogP contribution in [0.25, 0.3) is 11.1 Å². The third-order valence-corrected chi connectivity index (χ3v) is 6.10. The number of ether oxygens (including phenoxy) is 1. The zero-order valence-electron chi connectivity index (χ0n) is 18.7. The number of benzene rings is 1. The number of rotatable bonds is 6. The summed E-state index contributed by atoms with van der Waals surface area (Å²) in [5, 5.41) is 0. The number of carbonyl (C=O) groups excluding carboxylic acids is 3. The van der Waals surface area contributed by atoms with Gasteiger partial charge in [0.05, 0.1) is 18.2 Å². The first-order valence-corrected chi connectivity index (χ1v) is 10.8. The summed E-state index contributed by atoms with van der Waals surface area (Å²) in [7, 11) is 0. The van der Waals surface area contributed by atoms with Crippen molar-refractivity contribution in [2.75, 3.05) is 42.5 Å². The molecule has 0 spiro atoms. The third-order valence-electron chi connectivity index (χ3n) is 6.10. The Morgan fingerprint density at radius 1 is 1.24 bits per heavy atom. The first-order chi connectivity index (χ1) is 16.3. The number of carbonyl (C=O) groups is 3. The standard InChI is InChI=1S/C23H25FN6O4/c1-3-20(31)28-6-8-29(9-7-28)22-26-11-15(12-27-22)17-5-4-16(10-18(17)24)30-13-19(34-23(30)33)14(2)21(25)32/h3-5,10-12,14,19H,1,6-9,13H2,2H3,(H2,25,32)/t14-,19?/m0/s1. The smallest absolute Gasteiger partial charge is 0.414 e. The van der Waals surface area contributed by atoms with Crippen molar-refractivity contribution < 1.29 is 23.5 Å². The molecule has 2 atom stereocenters. The van der Waals surface area contributed by atoms with Gasteiger partial charge < -0.3 is 20.3 Å². The SMILES string of the molecule is C=CC(=O)N1CCN(c2ncc(-c3ccc(N4CC([C@H](C)C(N)=O)OC4=O)cc3F)cn2)CC1. The largest absolute Gasteiger partial charge is 0.443 e. The van der Waals surface area contributed by atoms with Crippen molar-refractivity contribution in [3.8, 4) is 11.1 Å². The Balaban J connectivity index is 1.44. The van der Waals surface area contributed by atoms with Crippen LogP contribution in [-0.2, 0) is 14.3 Å². The van der Waals surface area contributed by atoms with Crippen molar-refractivity contribution in [3.05, 3.63) is 49.1 Å². The van der Waals surface area contributed by atoms with Crippen LogP contribution >= 0.6 is 0 Å². The second-order valence-electron chi connectivity index (χ2n) is 8.18. The van der Waals surface area contributed by atoms with Gasteiger partial charge in [-0.25, -0.2) is 19.2 Å². The molecule has 0 bridgehead atoms. The monoisotopic (exact) mass is 468 g/mol. The molecule has 0 radical (unpaired) electrons. The number of primary amides is 1. The van der Waals surface area contributed by atoms with Gasteiger partial charge >= 0.3 is 6.09 Å². The zero-order valence-corrected chi connectivity index (χ0v) is 18.7. The quantitative estimate of drug-likeness (QED) is 0.639. The van der Waals surface area contributed by atoms with Crippen molar-refractivity contribution in [1.82, 2.24) is 14.9 Å². The molecule has 3 heterocycles. The molecular weight excluding hydrogens is 443 g/mol. The van der Waals surface area contributed by atoms with E-state index in [0.717, 1.165) is 0 Å². The Morgan fingerprint density at radius 3 is 2.50 bits per heavy atom. The summed E-state index contributed by atoms with van der Waals surface area (Å²) in [5.74, 6) is -1.38. The van der Waals surface area contributed by atoms with Gasteiger partial charge in [0.2, 0.25) is 17.8 Å². The molecule has 4 rings (SSSR count). The van der Waals surface area contributed by atoms with E-state index in [0.29, 0.717) is 43.4 Å². The number of anilines is 2. The van der Waals surface area contributed by atoms with Crippen molar-refractivity contribution in [2.45, 2.75) is 13.0 Å². The van der Waals surface area contributed by atoms with Gasteiger partial charge in [0, 0.05) is 49.7 Å². The number of hydrogen-bond donors (Lipinski definition) is 1. The molecule has 1 unspecified atom stereocenters. The molecule has 0 saturated carbocycles. The predicted molar refractivity (Wildman–Crippen MR) is 122 cm³/mol. The van der Waals surface area contributed by atoms with Crippen molar-refractivity contribution >= 4 is 29.5 Å². The van der Waals surface area contributed by atoms with Crippen molar-refractivity contribution in [2.24, 2.45) is 11.7 Å². The Kier molecular flexibility index (Phi) is 6.44. The maximum Gasteiger partial charge on any atom is 0.414 e. The number of nitrogens with zero attached hydrogens (tertiary/aromatic N) is 5. The molecule has 10 nitrogen and oxygen atoms in total. The van der Waals surface area contributed by atoms with Crippen molar-refractivity contribution in [1.29, 1.82) is 0 Å². The number of hydrogen-bond acceptors (Lipinski definition) is 7. The van der Waals surface area contributed by atoms with Gasteiger partial charge in [-0.2, -0.15) is 0 Å². The lowest BCUT2D eigenvalue weighted by Gasteiger charge is -2.34. The highest BCUT2D eigenvalue weighted by Crippen LogP contribution is 2.30. The average molecular weight is 468 g/mol. The Morgan fingerprint density at radius 2 is 1.91 bits per heavy atom. The minimum absolute atomic E-state index is 0.102. The van der Waals surface area contributed by atoms with Gasteiger partial charge in [0.1, 0.15) is 11.9 Å². The number of amides is 3. The zero-order chi connectivity index (χ0) is 24.4. The Bertz CT molecular complexity index is 1120. The van der Waals surface area contributed by atoms with Crippen LogP contribution in [0.1, 0.15) is 6.92 Å². The average Bonchev–Trinajstić information content (AvgIpc) is 3.24. The fourth-order valence-electron chi connectivity index (χ4n) is 3.92. The fraction of sp³-hybridized carbons (Fsp3) is 0.348. The summed E-state index contributed by atoms with van der Waals surface area (Å²) in [6.07, 6.45) is 3.03. The van der Waals surface area contributed by atoms with Gasteiger partial charge in [-0.15, -0.1) is 0 Å². The molecule has 1 aromatic heterocycles. The number of cyclic esters (lactones) is 1. The van der Waals surface area contributed by atoms with Crippen LogP contribution in [0.4, 0.5) is 20.8 Å². The molecule has 0 aliphatic carbocycles.